The number of ether oxygens (including phenoxy) is 1. The highest BCUT2D eigenvalue weighted by Gasteiger charge is 2.37. The molecule has 1 fully saturated rings. The van der Waals surface area contributed by atoms with Gasteiger partial charge in [-0.1, -0.05) is 38.8 Å². The molecule has 0 saturated heterocycles. The third-order valence-electron chi connectivity index (χ3n) is 5.27. The molecule has 0 heterocycles. The Morgan fingerprint density at radius 1 is 1.29 bits per heavy atom. The number of anilines is 1. The third kappa shape index (κ3) is 7.00. The molecule has 1 aromatic carbocycles. The van der Waals surface area contributed by atoms with Gasteiger partial charge in [-0.2, -0.15) is 0 Å². The van der Waals surface area contributed by atoms with E-state index in [9.17, 15) is 14.4 Å². The maximum atomic E-state index is 13.4. The Hall–Kier alpha value is -2.52. The molecule has 0 bridgehead atoms. The number of carbonyl (C=O) groups is 3. The second-order valence-electron chi connectivity index (χ2n) is 8.79. The SMILES string of the molecule is COc1ccc(Cl)cc1NC(=O)N[C@H](C(=O)N(CC(=O)NO)CC1CCC1)C(C)(C)C. The molecule has 10 heteroatoms. The van der Waals surface area contributed by atoms with Crippen LogP contribution < -0.4 is 20.9 Å². The number of nitrogens with zero attached hydrogens (tertiary/aromatic N) is 1. The van der Waals surface area contributed by atoms with Crippen LogP contribution >= 0.6 is 11.6 Å². The molecule has 4 N–H and O–H groups in total. The van der Waals surface area contributed by atoms with Crippen molar-refractivity contribution in [1.82, 2.24) is 15.7 Å². The van der Waals surface area contributed by atoms with Crippen molar-refractivity contribution in [2.24, 2.45) is 11.3 Å². The summed E-state index contributed by atoms with van der Waals surface area (Å²) in [7, 11) is 1.47. The van der Waals surface area contributed by atoms with E-state index in [-0.39, 0.29) is 6.54 Å². The van der Waals surface area contributed by atoms with Gasteiger partial charge < -0.3 is 20.3 Å². The Morgan fingerprint density at radius 2 is 1.97 bits per heavy atom. The molecule has 2 rings (SSSR count). The fraction of sp³-hybridized carbons (Fsp3) is 0.571. The van der Waals surface area contributed by atoms with Gasteiger partial charge in [0.15, 0.2) is 0 Å². The van der Waals surface area contributed by atoms with Gasteiger partial charge >= 0.3 is 6.03 Å². The van der Waals surface area contributed by atoms with Gasteiger partial charge in [0.25, 0.3) is 5.91 Å². The standard InChI is InChI=1S/C21H31ClN4O5/c1-21(2,3)18(19(28)26(12-17(27)25-30)11-13-6-5-7-13)24-20(29)23-15-10-14(22)8-9-16(15)31-4/h8-10,13,18,30H,5-7,11-12H2,1-4H3,(H,25,27)(H2,23,24,29)/t18-/m1/s1. The summed E-state index contributed by atoms with van der Waals surface area (Å²) in [5.41, 5.74) is 1.29. The summed E-state index contributed by atoms with van der Waals surface area (Å²) in [4.78, 5) is 39.3. The zero-order valence-electron chi connectivity index (χ0n) is 18.3. The van der Waals surface area contributed by atoms with Gasteiger partial charge in [-0.05, 0) is 42.4 Å². The van der Waals surface area contributed by atoms with Gasteiger partial charge in [0.1, 0.15) is 18.3 Å². The number of hydroxylamine groups is 1. The molecular formula is C21H31ClN4O5. The molecular weight excluding hydrogens is 424 g/mol. The topological polar surface area (TPSA) is 120 Å². The van der Waals surface area contributed by atoms with Gasteiger partial charge in [-0.3, -0.25) is 14.8 Å². The zero-order chi connectivity index (χ0) is 23.2. The van der Waals surface area contributed by atoms with E-state index in [4.69, 9.17) is 21.5 Å². The molecule has 31 heavy (non-hydrogen) atoms. The van der Waals surface area contributed by atoms with E-state index in [1.165, 1.54) is 12.0 Å². The number of carbonyl (C=O) groups excluding carboxylic acids is 3. The minimum absolute atomic E-state index is 0.288. The van der Waals surface area contributed by atoms with E-state index in [0.717, 1.165) is 19.3 Å². The Kier molecular flexibility index (Phi) is 8.52. The molecule has 0 unspecified atom stereocenters. The Balaban J connectivity index is 2.18. The first kappa shape index (κ1) is 24.7. The molecule has 1 atom stereocenters. The van der Waals surface area contributed by atoms with Gasteiger partial charge in [0.05, 0.1) is 12.8 Å². The van der Waals surface area contributed by atoms with Crippen molar-refractivity contribution >= 4 is 35.1 Å². The van der Waals surface area contributed by atoms with Crippen LogP contribution in [0.2, 0.25) is 5.02 Å². The maximum Gasteiger partial charge on any atom is 0.320 e. The summed E-state index contributed by atoms with van der Waals surface area (Å²) in [6.07, 6.45) is 3.05. The molecule has 0 aliphatic heterocycles. The molecule has 0 spiro atoms. The van der Waals surface area contributed by atoms with Crippen molar-refractivity contribution < 1.29 is 24.3 Å². The van der Waals surface area contributed by atoms with Gasteiger partial charge in [-0.15, -0.1) is 0 Å². The predicted octanol–water partition coefficient (Wildman–Crippen LogP) is 3.02. The monoisotopic (exact) mass is 454 g/mol. The fourth-order valence-electron chi connectivity index (χ4n) is 3.33. The van der Waals surface area contributed by atoms with Gasteiger partial charge in [-0.25, -0.2) is 10.3 Å². The van der Waals surface area contributed by atoms with Crippen LogP contribution in [0.4, 0.5) is 10.5 Å². The lowest BCUT2D eigenvalue weighted by Crippen LogP contribution is -2.57. The second-order valence-corrected chi connectivity index (χ2v) is 9.23. The summed E-state index contributed by atoms with van der Waals surface area (Å²) in [6.45, 7) is 5.57. The third-order valence-corrected chi connectivity index (χ3v) is 5.51. The Labute approximate surface area is 187 Å². The fourth-order valence-corrected chi connectivity index (χ4v) is 3.50. The summed E-state index contributed by atoms with van der Waals surface area (Å²) >= 11 is 6.01. The first-order chi connectivity index (χ1) is 14.5. The molecule has 0 aromatic heterocycles. The highest BCUT2D eigenvalue weighted by atomic mass is 35.5. The van der Waals surface area contributed by atoms with E-state index in [1.807, 2.05) is 20.8 Å². The molecule has 1 aliphatic rings. The van der Waals surface area contributed by atoms with Crippen molar-refractivity contribution in [1.29, 1.82) is 0 Å². The summed E-state index contributed by atoms with van der Waals surface area (Å²) < 4.78 is 5.23. The minimum atomic E-state index is -0.913. The van der Waals surface area contributed by atoms with E-state index in [0.29, 0.717) is 28.9 Å². The molecule has 0 radical (unpaired) electrons. The zero-order valence-corrected chi connectivity index (χ0v) is 19.1. The van der Waals surface area contributed by atoms with Crippen molar-refractivity contribution in [2.75, 3.05) is 25.5 Å². The van der Waals surface area contributed by atoms with Gasteiger partial charge in [0, 0.05) is 11.6 Å². The lowest BCUT2D eigenvalue weighted by atomic mass is 9.83. The number of urea groups is 1. The number of hydrogen-bond acceptors (Lipinski definition) is 5. The van der Waals surface area contributed by atoms with Crippen LogP contribution in [-0.2, 0) is 9.59 Å². The van der Waals surface area contributed by atoms with Crippen LogP contribution in [0.1, 0.15) is 40.0 Å². The van der Waals surface area contributed by atoms with Gasteiger partial charge in [0.2, 0.25) is 5.91 Å². The normalized spacial score (nSPS) is 14.8. The largest absolute Gasteiger partial charge is 0.495 e. The van der Waals surface area contributed by atoms with E-state index in [1.54, 1.807) is 23.7 Å². The van der Waals surface area contributed by atoms with Crippen molar-refractivity contribution in [3.05, 3.63) is 23.2 Å². The maximum absolute atomic E-state index is 13.4. The van der Waals surface area contributed by atoms with Crippen LogP contribution in [-0.4, -0.2) is 54.2 Å². The summed E-state index contributed by atoms with van der Waals surface area (Å²) in [5, 5.41) is 14.7. The first-order valence-electron chi connectivity index (χ1n) is 10.2. The molecule has 1 saturated carbocycles. The summed E-state index contributed by atoms with van der Waals surface area (Å²) in [5.74, 6) is -0.352. The van der Waals surface area contributed by atoms with E-state index < -0.39 is 29.3 Å². The molecule has 9 nitrogen and oxygen atoms in total. The highest BCUT2D eigenvalue weighted by Crippen LogP contribution is 2.30. The molecule has 1 aromatic rings. The second kappa shape index (κ2) is 10.7. The number of halogens is 1. The molecule has 1 aliphatic carbocycles. The summed E-state index contributed by atoms with van der Waals surface area (Å²) in [6, 6.07) is 3.28. The van der Waals surface area contributed by atoms with Crippen LogP contribution in [0.25, 0.3) is 0 Å². The smallest absolute Gasteiger partial charge is 0.320 e. The Bertz CT molecular complexity index is 807. The van der Waals surface area contributed by atoms with Crippen LogP contribution in [0, 0.1) is 11.3 Å². The number of nitrogens with one attached hydrogen (secondary N) is 3. The Morgan fingerprint density at radius 3 is 2.48 bits per heavy atom. The van der Waals surface area contributed by atoms with E-state index >= 15 is 0 Å². The van der Waals surface area contributed by atoms with Crippen molar-refractivity contribution in [2.45, 2.75) is 46.1 Å². The number of methoxy groups -OCH3 is 1. The first-order valence-corrected chi connectivity index (χ1v) is 10.6. The predicted molar refractivity (Wildman–Crippen MR) is 117 cm³/mol. The molecule has 4 amide bonds. The van der Waals surface area contributed by atoms with Crippen molar-refractivity contribution in [3.63, 3.8) is 0 Å². The number of amides is 4. The average molecular weight is 455 g/mol. The number of hydrogen-bond donors (Lipinski definition) is 4. The minimum Gasteiger partial charge on any atom is -0.495 e. The number of rotatable bonds is 8. The lowest BCUT2D eigenvalue weighted by molar-refractivity contribution is -0.143. The van der Waals surface area contributed by atoms with Crippen molar-refractivity contribution in [3.8, 4) is 5.75 Å². The lowest BCUT2D eigenvalue weighted by Gasteiger charge is -2.37. The van der Waals surface area contributed by atoms with E-state index in [2.05, 4.69) is 10.6 Å². The quantitative estimate of drug-likeness (QED) is 0.355. The van der Waals surface area contributed by atoms with Crippen LogP contribution in [0.5, 0.6) is 5.75 Å². The molecule has 172 valence electrons. The van der Waals surface area contributed by atoms with Crippen LogP contribution in [0.3, 0.4) is 0 Å². The van der Waals surface area contributed by atoms with Crippen LogP contribution in [0.15, 0.2) is 18.2 Å². The highest BCUT2D eigenvalue weighted by molar-refractivity contribution is 6.31. The average Bonchev–Trinajstić information content (AvgIpc) is 2.66. The number of benzene rings is 1.